The number of carbonyl (C=O) groups is 1. The summed E-state index contributed by atoms with van der Waals surface area (Å²) in [7, 11) is 0. The van der Waals surface area contributed by atoms with Gasteiger partial charge in [0.1, 0.15) is 0 Å². The second kappa shape index (κ2) is 7.60. The molecule has 144 valence electrons. The third kappa shape index (κ3) is 3.87. The van der Waals surface area contributed by atoms with E-state index in [2.05, 4.69) is 39.4 Å². The number of rotatable bonds is 6. The van der Waals surface area contributed by atoms with Crippen molar-refractivity contribution in [3.8, 4) is 0 Å². The van der Waals surface area contributed by atoms with Crippen LogP contribution < -0.4 is 0 Å². The summed E-state index contributed by atoms with van der Waals surface area (Å²) in [5, 5.41) is 11.2. The van der Waals surface area contributed by atoms with Crippen LogP contribution in [0.15, 0.2) is 30.5 Å². The summed E-state index contributed by atoms with van der Waals surface area (Å²) in [4.78, 5) is 17.0. The predicted octanol–water partition coefficient (Wildman–Crippen LogP) is 3.08. The number of benzene rings is 1. The van der Waals surface area contributed by atoms with Crippen LogP contribution in [-0.4, -0.2) is 57.3 Å². The lowest BCUT2D eigenvalue weighted by molar-refractivity contribution is -0.142. The van der Waals surface area contributed by atoms with E-state index in [1.165, 1.54) is 12.0 Å². The first-order chi connectivity index (χ1) is 13.1. The largest absolute Gasteiger partial charge is 0.341 e. The Balaban J connectivity index is 1.30. The van der Waals surface area contributed by atoms with E-state index < -0.39 is 0 Å². The van der Waals surface area contributed by atoms with E-state index in [1.54, 1.807) is 6.20 Å². The third-order valence-electron chi connectivity index (χ3n) is 6.02. The zero-order valence-corrected chi connectivity index (χ0v) is 16.5. The van der Waals surface area contributed by atoms with Crippen LogP contribution in [0.1, 0.15) is 43.5 Å². The SMILES string of the molecule is CCC(c1ccc(Cl)cc1)N1CCC2(CN(C(=O)CCc3cn[nH]n3)C2)C1. The third-order valence-corrected chi connectivity index (χ3v) is 6.27. The molecule has 2 aliphatic heterocycles. The van der Waals surface area contributed by atoms with Crippen molar-refractivity contribution in [2.24, 2.45) is 5.41 Å². The van der Waals surface area contributed by atoms with Crippen molar-refractivity contribution in [3.05, 3.63) is 46.7 Å². The highest BCUT2D eigenvalue weighted by molar-refractivity contribution is 6.30. The molecule has 2 saturated heterocycles. The number of halogens is 1. The van der Waals surface area contributed by atoms with Crippen LogP contribution in [0, 0.1) is 5.41 Å². The quantitative estimate of drug-likeness (QED) is 0.827. The number of H-pyrrole nitrogens is 1. The predicted molar refractivity (Wildman–Crippen MR) is 104 cm³/mol. The summed E-state index contributed by atoms with van der Waals surface area (Å²) in [5.41, 5.74) is 2.46. The van der Waals surface area contributed by atoms with Gasteiger partial charge in [-0.2, -0.15) is 15.4 Å². The first-order valence-corrected chi connectivity index (χ1v) is 10.1. The van der Waals surface area contributed by atoms with Crippen molar-refractivity contribution in [2.45, 2.75) is 38.6 Å². The summed E-state index contributed by atoms with van der Waals surface area (Å²) in [6.45, 7) is 6.18. The van der Waals surface area contributed by atoms with Crippen LogP contribution in [0.5, 0.6) is 0 Å². The molecule has 0 aliphatic carbocycles. The maximum absolute atomic E-state index is 12.4. The molecule has 1 atom stereocenters. The molecule has 2 fully saturated rings. The van der Waals surface area contributed by atoms with Crippen molar-refractivity contribution in [3.63, 3.8) is 0 Å². The van der Waals surface area contributed by atoms with Gasteiger partial charge >= 0.3 is 0 Å². The molecular formula is C20H26ClN5O. The van der Waals surface area contributed by atoms with Gasteiger partial charge < -0.3 is 4.90 Å². The number of hydrogen-bond acceptors (Lipinski definition) is 4. The van der Waals surface area contributed by atoms with E-state index >= 15 is 0 Å². The monoisotopic (exact) mass is 387 g/mol. The fraction of sp³-hybridized carbons (Fsp3) is 0.550. The molecule has 27 heavy (non-hydrogen) atoms. The molecule has 0 saturated carbocycles. The van der Waals surface area contributed by atoms with E-state index in [9.17, 15) is 4.79 Å². The Kier molecular flexibility index (Phi) is 5.19. The van der Waals surface area contributed by atoms with Crippen LogP contribution in [0.25, 0.3) is 0 Å². The molecule has 1 amide bonds. The zero-order chi connectivity index (χ0) is 18.9. The van der Waals surface area contributed by atoms with Gasteiger partial charge in [0.2, 0.25) is 5.91 Å². The Morgan fingerprint density at radius 1 is 1.30 bits per heavy atom. The maximum atomic E-state index is 12.4. The average molecular weight is 388 g/mol. The van der Waals surface area contributed by atoms with Gasteiger partial charge in [-0.05, 0) is 37.1 Å². The van der Waals surface area contributed by atoms with Crippen molar-refractivity contribution < 1.29 is 4.79 Å². The Morgan fingerprint density at radius 3 is 2.74 bits per heavy atom. The van der Waals surface area contributed by atoms with E-state index in [1.807, 2.05) is 17.0 Å². The van der Waals surface area contributed by atoms with Gasteiger partial charge in [-0.1, -0.05) is 30.7 Å². The summed E-state index contributed by atoms with van der Waals surface area (Å²) in [5.74, 6) is 0.229. The lowest BCUT2D eigenvalue weighted by atomic mass is 9.78. The van der Waals surface area contributed by atoms with Crippen molar-refractivity contribution in [1.82, 2.24) is 25.2 Å². The van der Waals surface area contributed by atoms with Crippen LogP contribution in [0.4, 0.5) is 0 Å². The number of hydrogen-bond donors (Lipinski definition) is 1. The van der Waals surface area contributed by atoms with Gasteiger partial charge in [0.15, 0.2) is 0 Å². The molecule has 2 aliphatic rings. The van der Waals surface area contributed by atoms with Crippen LogP contribution in [0.2, 0.25) is 5.02 Å². The second-order valence-corrected chi connectivity index (χ2v) is 8.34. The summed E-state index contributed by atoms with van der Waals surface area (Å²) in [6.07, 6.45) is 5.09. The smallest absolute Gasteiger partial charge is 0.223 e. The summed E-state index contributed by atoms with van der Waals surface area (Å²) < 4.78 is 0. The second-order valence-electron chi connectivity index (χ2n) is 7.91. The molecule has 1 aromatic carbocycles. The highest BCUT2D eigenvalue weighted by atomic mass is 35.5. The minimum Gasteiger partial charge on any atom is -0.341 e. The topological polar surface area (TPSA) is 65.1 Å². The number of aromatic amines is 1. The minimum absolute atomic E-state index is 0.229. The molecule has 1 N–H and O–H groups in total. The van der Waals surface area contributed by atoms with E-state index in [0.717, 1.165) is 43.3 Å². The van der Waals surface area contributed by atoms with E-state index in [-0.39, 0.29) is 11.3 Å². The normalized spacial score (nSPS) is 20.0. The molecule has 0 bridgehead atoms. The summed E-state index contributed by atoms with van der Waals surface area (Å²) in [6, 6.07) is 8.66. The highest BCUT2D eigenvalue weighted by Crippen LogP contribution is 2.43. The Bertz CT molecular complexity index is 770. The number of aromatic nitrogens is 3. The molecule has 1 aromatic heterocycles. The lowest BCUT2D eigenvalue weighted by Crippen LogP contribution is -2.59. The van der Waals surface area contributed by atoms with Crippen LogP contribution >= 0.6 is 11.6 Å². The van der Waals surface area contributed by atoms with Gasteiger partial charge in [0, 0.05) is 49.0 Å². The molecule has 3 heterocycles. The molecule has 4 rings (SSSR count). The van der Waals surface area contributed by atoms with Crippen molar-refractivity contribution >= 4 is 17.5 Å². The Hall–Kier alpha value is -1.92. The number of amides is 1. The first kappa shape index (κ1) is 18.4. The first-order valence-electron chi connectivity index (χ1n) is 9.70. The number of nitrogens with zero attached hydrogens (tertiary/aromatic N) is 4. The van der Waals surface area contributed by atoms with Gasteiger partial charge in [-0.25, -0.2) is 0 Å². The lowest BCUT2D eigenvalue weighted by Gasteiger charge is -2.48. The fourth-order valence-electron chi connectivity index (χ4n) is 4.56. The van der Waals surface area contributed by atoms with Crippen molar-refractivity contribution in [1.29, 1.82) is 0 Å². The van der Waals surface area contributed by atoms with Crippen molar-refractivity contribution in [2.75, 3.05) is 26.2 Å². The summed E-state index contributed by atoms with van der Waals surface area (Å²) >= 11 is 6.04. The average Bonchev–Trinajstić information content (AvgIpc) is 3.31. The van der Waals surface area contributed by atoms with E-state index in [4.69, 9.17) is 11.6 Å². The molecular weight excluding hydrogens is 362 g/mol. The molecule has 2 aromatic rings. The number of carbonyl (C=O) groups excluding carboxylic acids is 1. The van der Waals surface area contributed by atoms with Crippen LogP contribution in [0.3, 0.4) is 0 Å². The van der Waals surface area contributed by atoms with Crippen LogP contribution in [-0.2, 0) is 11.2 Å². The fourth-order valence-corrected chi connectivity index (χ4v) is 4.69. The Morgan fingerprint density at radius 2 is 2.07 bits per heavy atom. The van der Waals surface area contributed by atoms with Gasteiger partial charge in [0.05, 0.1) is 11.9 Å². The zero-order valence-electron chi connectivity index (χ0n) is 15.7. The minimum atomic E-state index is 0.229. The molecule has 0 radical (unpaired) electrons. The molecule has 6 nitrogen and oxygen atoms in total. The number of aryl methyl sites for hydroxylation is 1. The molecule has 1 spiro atoms. The highest BCUT2D eigenvalue weighted by Gasteiger charge is 2.49. The Labute approximate surface area is 164 Å². The molecule has 7 heteroatoms. The van der Waals surface area contributed by atoms with E-state index in [0.29, 0.717) is 18.9 Å². The number of nitrogens with one attached hydrogen (secondary N) is 1. The number of likely N-dealkylation sites (tertiary alicyclic amines) is 2. The maximum Gasteiger partial charge on any atom is 0.223 e. The standard InChI is InChI=1S/C20H26ClN5O/c1-2-18(15-3-5-16(21)6-4-15)25-10-9-20(12-25)13-26(14-20)19(27)8-7-17-11-22-24-23-17/h3-6,11,18H,2,7-10,12-14H2,1H3,(H,22,23,24). The molecule has 1 unspecified atom stereocenters. The van der Waals surface area contributed by atoms with Gasteiger partial charge in [-0.15, -0.1) is 0 Å². The van der Waals surface area contributed by atoms with Gasteiger partial charge in [0.25, 0.3) is 0 Å². The van der Waals surface area contributed by atoms with Gasteiger partial charge in [-0.3, -0.25) is 9.69 Å².